The number of nitrogens with zero attached hydrogens (tertiary/aromatic N) is 3. The van der Waals surface area contributed by atoms with Gasteiger partial charge in [-0.2, -0.15) is 0 Å². The first-order valence-corrected chi connectivity index (χ1v) is 13.2. The van der Waals surface area contributed by atoms with Crippen LogP contribution in [0.2, 0.25) is 0 Å². The number of anilines is 1. The Hall–Kier alpha value is -4.23. The van der Waals surface area contributed by atoms with E-state index in [1.54, 1.807) is 0 Å². The van der Waals surface area contributed by atoms with Gasteiger partial charge >= 0.3 is 0 Å². The molecule has 1 atom stereocenters. The van der Waals surface area contributed by atoms with Gasteiger partial charge in [0.1, 0.15) is 11.3 Å². The van der Waals surface area contributed by atoms with Crippen molar-refractivity contribution >= 4 is 33.7 Å². The summed E-state index contributed by atoms with van der Waals surface area (Å²) >= 11 is 0. The number of benzene rings is 3. The Morgan fingerprint density at radius 2 is 1.63 bits per heavy atom. The summed E-state index contributed by atoms with van der Waals surface area (Å²) in [6.45, 7) is 3.30. The molecular formula is C31H34N6O. The maximum absolute atomic E-state index is 12.5. The Morgan fingerprint density at radius 1 is 0.921 bits per heavy atom. The van der Waals surface area contributed by atoms with Crippen molar-refractivity contribution in [2.24, 2.45) is 5.73 Å². The van der Waals surface area contributed by atoms with Crippen molar-refractivity contribution in [3.05, 3.63) is 101 Å². The van der Waals surface area contributed by atoms with Gasteiger partial charge in [0.05, 0.1) is 17.1 Å². The van der Waals surface area contributed by atoms with E-state index in [0.29, 0.717) is 25.3 Å². The average molecular weight is 507 g/mol. The first kappa shape index (κ1) is 25.4. The molecule has 0 aliphatic rings. The van der Waals surface area contributed by atoms with E-state index in [9.17, 15) is 4.79 Å². The monoisotopic (exact) mass is 506 g/mol. The summed E-state index contributed by atoms with van der Waals surface area (Å²) in [7, 11) is 0. The number of unbranched alkanes of at least 4 members (excludes halogenated alkanes) is 1. The minimum Gasteiger partial charge on any atom is -0.382 e. The Morgan fingerprint density at radius 3 is 2.39 bits per heavy atom. The third-order valence-corrected chi connectivity index (χ3v) is 6.91. The van der Waals surface area contributed by atoms with Crippen molar-refractivity contribution in [3.8, 4) is 0 Å². The molecule has 7 nitrogen and oxygen atoms in total. The number of nitrogens with one attached hydrogen (secondary N) is 1. The number of carbonyl (C=O) groups is 1. The standard InChI is InChI=1S/C31H34N6O/c1-2-3-13-27-36-28-29(24-11-7-8-12-26(24)35-30(28)33)37(27)20-23-16-14-22(15-17-23)19-34-31(38)25(32)18-21-9-5-4-6-10-21/h4-12,14-17,25H,2-3,13,18-20,32H2,1H3,(H2,33,35)(H,34,38)/t25-/m0/s1. The lowest BCUT2D eigenvalue weighted by molar-refractivity contribution is -0.122. The van der Waals surface area contributed by atoms with Crippen LogP contribution in [-0.2, 0) is 30.7 Å². The van der Waals surface area contributed by atoms with E-state index in [4.69, 9.17) is 16.5 Å². The van der Waals surface area contributed by atoms with Crippen LogP contribution < -0.4 is 16.8 Å². The first-order valence-electron chi connectivity index (χ1n) is 13.2. The number of carbonyl (C=O) groups excluding carboxylic acids is 1. The zero-order valence-corrected chi connectivity index (χ0v) is 21.7. The van der Waals surface area contributed by atoms with Gasteiger partial charge in [-0.3, -0.25) is 4.79 Å². The highest BCUT2D eigenvalue weighted by Crippen LogP contribution is 2.30. The number of aryl methyl sites for hydroxylation is 1. The number of aromatic nitrogens is 3. The predicted octanol–water partition coefficient (Wildman–Crippen LogP) is 4.74. The summed E-state index contributed by atoms with van der Waals surface area (Å²) in [5.74, 6) is 1.34. The van der Waals surface area contributed by atoms with E-state index in [-0.39, 0.29) is 5.91 Å². The molecule has 194 valence electrons. The van der Waals surface area contributed by atoms with Crippen LogP contribution in [-0.4, -0.2) is 26.5 Å². The highest BCUT2D eigenvalue weighted by Gasteiger charge is 2.18. The van der Waals surface area contributed by atoms with Gasteiger partial charge in [0.15, 0.2) is 5.82 Å². The molecule has 1 amide bonds. The zero-order valence-electron chi connectivity index (χ0n) is 21.7. The van der Waals surface area contributed by atoms with E-state index in [1.165, 1.54) is 0 Å². The first-order chi connectivity index (χ1) is 18.5. The molecule has 3 aromatic carbocycles. The number of imidazole rings is 1. The second-order valence-electron chi connectivity index (χ2n) is 9.76. The molecule has 0 saturated carbocycles. The van der Waals surface area contributed by atoms with Gasteiger partial charge in [-0.05, 0) is 35.6 Å². The van der Waals surface area contributed by atoms with Gasteiger partial charge in [0.25, 0.3) is 0 Å². The molecule has 2 heterocycles. The van der Waals surface area contributed by atoms with Gasteiger partial charge in [-0.25, -0.2) is 9.97 Å². The predicted molar refractivity (Wildman–Crippen MR) is 154 cm³/mol. The summed E-state index contributed by atoms with van der Waals surface area (Å²) in [6.07, 6.45) is 3.54. The number of pyridine rings is 1. The summed E-state index contributed by atoms with van der Waals surface area (Å²) in [4.78, 5) is 22.0. The topological polar surface area (TPSA) is 112 Å². The molecule has 7 heteroatoms. The van der Waals surface area contributed by atoms with Crippen LogP contribution in [0.5, 0.6) is 0 Å². The minimum absolute atomic E-state index is 0.151. The maximum Gasteiger partial charge on any atom is 0.237 e. The van der Waals surface area contributed by atoms with Crippen LogP contribution in [0.4, 0.5) is 5.82 Å². The van der Waals surface area contributed by atoms with Crippen LogP contribution in [0.1, 0.15) is 42.3 Å². The molecule has 0 fully saturated rings. The molecule has 0 bridgehead atoms. The molecule has 2 aromatic heterocycles. The van der Waals surface area contributed by atoms with E-state index in [0.717, 1.165) is 63.7 Å². The van der Waals surface area contributed by atoms with Gasteiger partial charge in [-0.15, -0.1) is 0 Å². The van der Waals surface area contributed by atoms with E-state index in [2.05, 4.69) is 52.1 Å². The quantitative estimate of drug-likeness (QED) is 0.253. The van der Waals surface area contributed by atoms with Crippen LogP contribution in [0.15, 0.2) is 78.9 Å². The maximum atomic E-state index is 12.5. The highest BCUT2D eigenvalue weighted by molar-refractivity contribution is 6.06. The lowest BCUT2D eigenvalue weighted by Crippen LogP contribution is -2.41. The molecular weight excluding hydrogens is 472 g/mol. The van der Waals surface area contributed by atoms with E-state index >= 15 is 0 Å². The number of para-hydroxylation sites is 1. The zero-order chi connectivity index (χ0) is 26.5. The van der Waals surface area contributed by atoms with Gasteiger partial charge in [0.2, 0.25) is 5.91 Å². The fraction of sp³-hybridized carbons (Fsp3) is 0.258. The summed E-state index contributed by atoms with van der Waals surface area (Å²) < 4.78 is 2.28. The molecule has 0 unspecified atom stereocenters. The van der Waals surface area contributed by atoms with Gasteiger partial charge in [-0.1, -0.05) is 86.1 Å². The normalized spacial score (nSPS) is 12.2. The average Bonchev–Trinajstić information content (AvgIpc) is 3.30. The smallest absolute Gasteiger partial charge is 0.237 e. The lowest BCUT2D eigenvalue weighted by Gasteiger charge is -2.13. The third kappa shape index (κ3) is 5.53. The number of nitrogen functional groups attached to an aromatic ring is 1. The molecule has 38 heavy (non-hydrogen) atoms. The van der Waals surface area contributed by atoms with Crippen LogP contribution in [0.3, 0.4) is 0 Å². The second-order valence-corrected chi connectivity index (χ2v) is 9.76. The van der Waals surface area contributed by atoms with Crippen molar-refractivity contribution in [3.63, 3.8) is 0 Å². The highest BCUT2D eigenvalue weighted by atomic mass is 16.2. The van der Waals surface area contributed by atoms with Crippen molar-refractivity contribution in [2.75, 3.05) is 5.73 Å². The van der Waals surface area contributed by atoms with Crippen LogP contribution in [0, 0.1) is 0 Å². The largest absolute Gasteiger partial charge is 0.382 e. The molecule has 0 aliphatic carbocycles. The number of amides is 1. The van der Waals surface area contributed by atoms with Crippen LogP contribution >= 0.6 is 0 Å². The summed E-state index contributed by atoms with van der Waals surface area (Å²) in [5.41, 5.74) is 18.4. The van der Waals surface area contributed by atoms with Crippen LogP contribution in [0.25, 0.3) is 21.9 Å². The number of nitrogens with two attached hydrogens (primary N) is 2. The molecule has 0 radical (unpaired) electrons. The molecule has 0 aliphatic heterocycles. The van der Waals surface area contributed by atoms with Crippen molar-refractivity contribution in [1.29, 1.82) is 0 Å². The Labute approximate surface area is 222 Å². The number of rotatable bonds is 10. The van der Waals surface area contributed by atoms with Gasteiger partial charge < -0.3 is 21.4 Å². The minimum atomic E-state index is -0.579. The van der Waals surface area contributed by atoms with Crippen molar-refractivity contribution in [1.82, 2.24) is 19.9 Å². The molecule has 5 rings (SSSR count). The summed E-state index contributed by atoms with van der Waals surface area (Å²) in [5, 5.41) is 4.02. The molecule has 0 saturated heterocycles. The Kier molecular flexibility index (Phi) is 7.65. The number of fused-ring (bicyclic) bond motifs is 3. The summed E-state index contributed by atoms with van der Waals surface area (Å²) in [6, 6.07) is 25.6. The number of hydrogen-bond donors (Lipinski definition) is 3. The fourth-order valence-electron chi connectivity index (χ4n) is 4.83. The number of hydrogen-bond acceptors (Lipinski definition) is 5. The van der Waals surface area contributed by atoms with Crippen molar-refractivity contribution in [2.45, 2.75) is 51.7 Å². The Bertz CT molecular complexity index is 1540. The van der Waals surface area contributed by atoms with E-state index < -0.39 is 6.04 Å². The van der Waals surface area contributed by atoms with Crippen molar-refractivity contribution < 1.29 is 4.79 Å². The fourth-order valence-corrected chi connectivity index (χ4v) is 4.83. The van der Waals surface area contributed by atoms with Gasteiger partial charge in [0, 0.05) is 24.9 Å². The van der Waals surface area contributed by atoms with E-state index in [1.807, 2.05) is 48.5 Å². The third-order valence-electron chi connectivity index (χ3n) is 6.91. The molecule has 5 aromatic rings. The molecule has 0 spiro atoms. The lowest BCUT2D eigenvalue weighted by atomic mass is 10.1. The SMILES string of the molecule is CCCCc1nc2c(N)nc3ccccc3c2n1Cc1ccc(CNC(=O)[C@@H](N)Cc2ccccc2)cc1. The second kappa shape index (κ2) is 11.4. The Balaban J connectivity index is 1.33. The molecule has 5 N–H and O–H groups in total.